The van der Waals surface area contributed by atoms with E-state index in [-0.39, 0.29) is 5.43 Å². The highest BCUT2D eigenvalue weighted by Crippen LogP contribution is 2.31. The van der Waals surface area contributed by atoms with E-state index in [0.717, 1.165) is 50.3 Å². The molecule has 0 atom stereocenters. The number of hydrogen-bond acceptors (Lipinski definition) is 5. The summed E-state index contributed by atoms with van der Waals surface area (Å²) in [5.74, 6) is 0.814. The Morgan fingerprint density at radius 1 is 1.07 bits per heavy atom. The highest BCUT2D eigenvalue weighted by Gasteiger charge is 2.18. The third-order valence-corrected chi connectivity index (χ3v) is 5.14. The maximum atomic E-state index is 13.1. The van der Waals surface area contributed by atoms with Gasteiger partial charge in [0.15, 0.2) is 5.76 Å². The second-order valence-corrected chi connectivity index (χ2v) is 7.25. The van der Waals surface area contributed by atoms with Crippen LogP contribution in [0.1, 0.15) is 12.0 Å². The second-order valence-electron chi connectivity index (χ2n) is 7.25. The summed E-state index contributed by atoms with van der Waals surface area (Å²) >= 11 is 0. The van der Waals surface area contributed by atoms with Gasteiger partial charge < -0.3 is 19.4 Å². The van der Waals surface area contributed by atoms with Crippen molar-refractivity contribution >= 4 is 11.0 Å². The van der Waals surface area contributed by atoms with Gasteiger partial charge in [-0.2, -0.15) is 0 Å². The van der Waals surface area contributed by atoms with Crippen LogP contribution in [0.15, 0.2) is 57.7 Å². The van der Waals surface area contributed by atoms with Gasteiger partial charge in [-0.05, 0) is 25.5 Å². The van der Waals surface area contributed by atoms with Crippen LogP contribution < -0.4 is 15.5 Å². The molecule has 0 amide bonds. The maximum Gasteiger partial charge on any atom is 0.235 e. The number of hydrogen-bond donors (Lipinski definition) is 1. The summed E-state index contributed by atoms with van der Waals surface area (Å²) in [7, 11) is 0. The summed E-state index contributed by atoms with van der Waals surface area (Å²) in [5.41, 5.74) is 2.48. The monoisotopic (exact) mass is 378 g/mol. The van der Waals surface area contributed by atoms with Crippen LogP contribution in [-0.4, -0.2) is 44.2 Å². The van der Waals surface area contributed by atoms with Gasteiger partial charge in [0.2, 0.25) is 11.2 Å². The Hall–Kier alpha value is -2.63. The van der Waals surface area contributed by atoms with Crippen molar-refractivity contribution < 1.29 is 9.15 Å². The summed E-state index contributed by atoms with van der Waals surface area (Å²) in [6.45, 7) is 7.69. The molecule has 0 aliphatic carbocycles. The molecule has 4 rings (SSSR count). The fraction of sp³-hybridized carbons (Fsp3) is 0.348. The van der Waals surface area contributed by atoms with E-state index in [1.54, 1.807) is 6.07 Å². The highest BCUT2D eigenvalue weighted by molar-refractivity contribution is 5.81. The molecule has 0 unspecified atom stereocenters. The predicted molar refractivity (Wildman–Crippen MR) is 112 cm³/mol. The highest BCUT2D eigenvalue weighted by atomic mass is 16.5. The quantitative estimate of drug-likeness (QED) is 0.666. The van der Waals surface area contributed by atoms with E-state index in [9.17, 15) is 4.79 Å². The lowest BCUT2D eigenvalue weighted by Crippen LogP contribution is -2.44. The lowest BCUT2D eigenvalue weighted by Gasteiger charge is -2.27. The Kier molecular flexibility index (Phi) is 5.74. The molecule has 28 heavy (non-hydrogen) atoms. The van der Waals surface area contributed by atoms with Gasteiger partial charge in [-0.15, -0.1) is 0 Å². The first-order valence-electron chi connectivity index (χ1n) is 9.91. The zero-order chi connectivity index (χ0) is 19.3. The van der Waals surface area contributed by atoms with Crippen molar-refractivity contribution in [2.24, 2.45) is 0 Å². The van der Waals surface area contributed by atoms with Crippen molar-refractivity contribution in [2.45, 2.75) is 13.3 Å². The zero-order valence-corrected chi connectivity index (χ0v) is 16.2. The van der Waals surface area contributed by atoms with Gasteiger partial charge in [0.05, 0.1) is 12.0 Å². The summed E-state index contributed by atoms with van der Waals surface area (Å²) in [6.07, 6.45) is 0.875. The van der Waals surface area contributed by atoms with Crippen LogP contribution in [-0.2, 0) is 0 Å². The van der Waals surface area contributed by atoms with Crippen LogP contribution >= 0.6 is 0 Å². The van der Waals surface area contributed by atoms with Crippen LogP contribution in [0.2, 0.25) is 0 Å². The number of nitrogens with one attached hydrogen (secondary N) is 1. The largest absolute Gasteiger partial charge is 0.486 e. The van der Waals surface area contributed by atoms with Crippen LogP contribution in [0.3, 0.4) is 0 Å². The average molecular weight is 378 g/mol. The number of ether oxygens (including phenoxy) is 1. The van der Waals surface area contributed by atoms with Gasteiger partial charge in [-0.3, -0.25) is 4.79 Å². The van der Waals surface area contributed by atoms with E-state index in [1.165, 1.54) is 0 Å². The molecule has 1 aromatic heterocycles. The zero-order valence-electron chi connectivity index (χ0n) is 16.2. The van der Waals surface area contributed by atoms with E-state index >= 15 is 0 Å². The van der Waals surface area contributed by atoms with Gasteiger partial charge in [-0.25, -0.2) is 0 Å². The first kappa shape index (κ1) is 18.7. The Labute approximate surface area is 164 Å². The number of rotatable bonds is 6. The van der Waals surface area contributed by atoms with Crippen LogP contribution in [0.25, 0.3) is 22.3 Å². The van der Waals surface area contributed by atoms with Gasteiger partial charge in [-0.1, -0.05) is 42.0 Å². The SMILES string of the molecule is Cc1ccc(-c2oc3ccccc3c(=O)c2OCCCN2CCNCC2)cc1. The molecule has 0 radical (unpaired) electrons. The maximum absolute atomic E-state index is 13.1. The molecule has 1 aliphatic heterocycles. The molecular formula is C23H26N2O3. The van der Waals surface area contributed by atoms with Crippen molar-refractivity contribution in [2.75, 3.05) is 39.3 Å². The number of benzene rings is 2. The smallest absolute Gasteiger partial charge is 0.235 e. The summed E-state index contributed by atoms with van der Waals surface area (Å²) < 4.78 is 12.1. The van der Waals surface area contributed by atoms with E-state index in [4.69, 9.17) is 9.15 Å². The fourth-order valence-electron chi connectivity index (χ4n) is 3.55. The Morgan fingerprint density at radius 2 is 1.82 bits per heavy atom. The molecule has 1 saturated heterocycles. The molecule has 5 heteroatoms. The van der Waals surface area contributed by atoms with Gasteiger partial charge >= 0.3 is 0 Å². The lowest BCUT2D eigenvalue weighted by molar-refractivity contribution is 0.212. The Balaban J connectivity index is 1.59. The van der Waals surface area contributed by atoms with Crippen molar-refractivity contribution in [3.8, 4) is 17.1 Å². The Morgan fingerprint density at radius 3 is 2.61 bits per heavy atom. The molecule has 2 aromatic carbocycles. The molecule has 1 fully saturated rings. The van der Waals surface area contributed by atoms with E-state index < -0.39 is 0 Å². The minimum absolute atomic E-state index is 0.111. The normalized spacial score (nSPS) is 15.0. The second kappa shape index (κ2) is 8.59. The summed E-state index contributed by atoms with van der Waals surface area (Å²) in [5, 5.41) is 3.91. The van der Waals surface area contributed by atoms with Crippen molar-refractivity contribution in [3.05, 3.63) is 64.3 Å². The number of aryl methyl sites for hydroxylation is 1. The molecule has 1 N–H and O–H groups in total. The Bertz CT molecular complexity index is 989. The van der Waals surface area contributed by atoms with Gasteiger partial charge in [0, 0.05) is 38.3 Å². The summed E-state index contributed by atoms with van der Waals surface area (Å²) in [6, 6.07) is 15.3. The molecule has 0 bridgehead atoms. The molecule has 0 saturated carbocycles. The van der Waals surface area contributed by atoms with Gasteiger partial charge in [0.25, 0.3) is 0 Å². The average Bonchev–Trinajstić information content (AvgIpc) is 2.74. The summed E-state index contributed by atoms with van der Waals surface area (Å²) in [4.78, 5) is 15.5. The number of piperazine rings is 1. The third kappa shape index (κ3) is 4.11. The molecular weight excluding hydrogens is 352 g/mol. The molecule has 1 aliphatic rings. The van der Waals surface area contributed by atoms with Crippen molar-refractivity contribution in [1.29, 1.82) is 0 Å². The van der Waals surface area contributed by atoms with E-state index in [1.807, 2.05) is 49.4 Å². The predicted octanol–water partition coefficient (Wildman–Crippen LogP) is 3.44. The third-order valence-electron chi connectivity index (χ3n) is 5.14. The number of fused-ring (bicyclic) bond motifs is 1. The standard InChI is InChI=1S/C23H26N2O3/c1-17-7-9-18(10-8-17)22-23(21(26)19-5-2-3-6-20(19)28-22)27-16-4-13-25-14-11-24-12-15-25/h2-3,5-10,24H,4,11-16H2,1H3. The molecule has 2 heterocycles. The van der Waals surface area contributed by atoms with Crippen molar-refractivity contribution in [1.82, 2.24) is 10.2 Å². The van der Waals surface area contributed by atoms with Crippen LogP contribution in [0.4, 0.5) is 0 Å². The molecule has 3 aromatic rings. The molecule has 146 valence electrons. The van der Waals surface area contributed by atoms with E-state index in [2.05, 4.69) is 10.2 Å². The minimum Gasteiger partial charge on any atom is -0.486 e. The number of para-hydroxylation sites is 1. The topological polar surface area (TPSA) is 54.7 Å². The van der Waals surface area contributed by atoms with Crippen LogP contribution in [0.5, 0.6) is 5.75 Å². The minimum atomic E-state index is -0.111. The first-order valence-corrected chi connectivity index (χ1v) is 9.91. The van der Waals surface area contributed by atoms with Crippen molar-refractivity contribution in [3.63, 3.8) is 0 Å². The first-order chi connectivity index (χ1) is 13.7. The number of nitrogens with zero attached hydrogens (tertiary/aromatic N) is 1. The van der Waals surface area contributed by atoms with Crippen LogP contribution in [0, 0.1) is 6.92 Å². The lowest BCUT2D eigenvalue weighted by atomic mass is 10.1. The fourth-order valence-corrected chi connectivity index (χ4v) is 3.55. The van der Waals surface area contributed by atoms with Gasteiger partial charge in [0.1, 0.15) is 5.58 Å². The molecule has 5 nitrogen and oxygen atoms in total. The molecule has 0 spiro atoms. The van der Waals surface area contributed by atoms with E-state index in [0.29, 0.717) is 29.1 Å².